The number of hydrogen-bond donors (Lipinski definition) is 0. The quantitative estimate of drug-likeness (QED) is 0.586. The van der Waals surface area contributed by atoms with Gasteiger partial charge in [0.15, 0.2) is 0 Å². The van der Waals surface area contributed by atoms with E-state index in [0.717, 1.165) is 17.2 Å². The fourth-order valence-corrected chi connectivity index (χ4v) is 2.80. The third-order valence-corrected chi connectivity index (χ3v) is 4.10. The Labute approximate surface area is 156 Å². The number of alkyl halides is 3. The van der Waals surface area contributed by atoms with Crippen LogP contribution in [0.1, 0.15) is 16.7 Å². The molecule has 0 unspecified atom stereocenters. The number of methoxy groups -OCH3 is 1. The van der Waals surface area contributed by atoms with Gasteiger partial charge in [0.05, 0.1) is 7.11 Å². The first-order valence-corrected chi connectivity index (χ1v) is 8.42. The Kier molecular flexibility index (Phi) is 5.64. The van der Waals surface area contributed by atoms with Crippen LogP contribution in [0.2, 0.25) is 0 Å². The Morgan fingerprint density at radius 1 is 0.815 bits per heavy atom. The summed E-state index contributed by atoms with van der Waals surface area (Å²) in [5, 5.41) is 0. The van der Waals surface area contributed by atoms with Gasteiger partial charge >= 0.3 is 6.18 Å². The Hall–Kier alpha value is -3.02. The summed E-state index contributed by atoms with van der Waals surface area (Å²) < 4.78 is 44.3. The van der Waals surface area contributed by atoms with Gasteiger partial charge in [-0.05, 0) is 23.3 Å². The van der Waals surface area contributed by atoms with Gasteiger partial charge in [0, 0.05) is 13.1 Å². The molecule has 0 spiro atoms. The zero-order valence-corrected chi connectivity index (χ0v) is 14.8. The summed E-state index contributed by atoms with van der Waals surface area (Å²) in [6, 6.07) is 21.8. The molecule has 0 fully saturated rings. The van der Waals surface area contributed by atoms with Gasteiger partial charge in [0.1, 0.15) is 11.4 Å². The van der Waals surface area contributed by atoms with Crippen molar-refractivity contribution >= 4 is 5.82 Å². The van der Waals surface area contributed by atoms with Crippen LogP contribution in [0, 0.1) is 0 Å². The van der Waals surface area contributed by atoms with Gasteiger partial charge in [0.25, 0.3) is 0 Å². The SMILES string of the molecule is COc1nc(N(Cc2ccccc2)Cc2ccccc2)ccc1C(F)(F)F. The number of rotatable bonds is 6. The lowest BCUT2D eigenvalue weighted by atomic mass is 10.1. The number of nitrogens with zero attached hydrogens (tertiary/aromatic N) is 2. The molecule has 3 nitrogen and oxygen atoms in total. The lowest BCUT2D eigenvalue weighted by Crippen LogP contribution is -2.23. The molecule has 0 radical (unpaired) electrons. The van der Waals surface area contributed by atoms with Gasteiger partial charge in [-0.1, -0.05) is 60.7 Å². The predicted octanol–water partition coefficient (Wildman–Crippen LogP) is 5.32. The highest BCUT2D eigenvalue weighted by Gasteiger charge is 2.35. The molecule has 0 aliphatic rings. The highest BCUT2D eigenvalue weighted by molar-refractivity contribution is 5.46. The summed E-state index contributed by atoms with van der Waals surface area (Å²) in [5.41, 5.74) is 1.19. The first-order chi connectivity index (χ1) is 13.0. The third kappa shape index (κ3) is 4.78. The summed E-state index contributed by atoms with van der Waals surface area (Å²) in [4.78, 5) is 6.06. The molecule has 0 saturated heterocycles. The second-order valence-corrected chi connectivity index (χ2v) is 6.05. The van der Waals surface area contributed by atoms with Crippen molar-refractivity contribution in [3.05, 3.63) is 89.5 Å². The molecule has 27 heavy (non-hydrogen) atoms. The maximum atomic E-state index is 13.1. The molecule has 3 rings (SSSR count). The molecule has 0 amide bonds. The van der Waals surface area contributed by atoms with Crippen LogP contribution in [-0.4, -0.2) is 12.1 Å². The van der Waals surface area contributed by atoms with E-state index in [2.05, 4.69) is 4.98 Å². The molecule has 0 N–H and O–H groups in total. The van der Waals surface area contributed by atoms with Gasteiger partial charge in [-0.15, -0.1) is 0 Å². The average molecular weight is 372 g/mol. The number of hydrogen-bond acceptors (Lipinski definition) is 3. The topological polar surface area (TPSA) is 25.4 Å². The van der Waals surface area contributed by atoms with Crippen molar-refractivity contribution in [1.29, 1.82) is 0 Å². The fraction of sp³-hybridized carbons (Fsp3) is 0.190. The summed E-state index contributed by atoms with van der Waals surface area (Å²) in [7, 11) is 1.19. The van der Waals surface area contributed by atoms with E-state index in [-0.39, 0.29) is 0 Å². The molecule has 6 heteroatoms. The Morgan fingerprint density at radius 3 is 1.78 bits per heavy atom. The third-order valence-electron chi connectivity index (χ3n) is 4.10. The molecule has 2 aromatic carbocycles. The minimum atomic E-state index is -4.51. The maximum absolute atomic E-state index is 13.1. The molecule has 0 aliphatic carbocycles. The summed E-state index contributed by atoms with van der Waals surface area (Å²) in [5.74, 6) is -0.00122. The van der Waals surface area contributed by atoms with E-state index in [1.807, 2.05) is 65.6 Å². The molecular weight excluding hydrogens is 353 g/mol. The summed E-state index contributed by atoms with van der Waals surface area (Å²) in [6.45, 7) is 1.02. The lowest BCUT2D eigenvalue weighted by molar-refractivity contribution is -0.139. The van der Waals surface area contributed by atoms with Crippen LogP contribution in [0.5, 0.6) is 5.88 Å². The van der Waals surface area contributed by atoms with Crippen LogP contribution in [0.3, 0.4) is 0 Å². The summed E-state index contributed by atoms with van der Waals surface area (Å²) >= 11 is 0. The van der Waals surface area contributed by atoms with E-state index in [9.17, 15) is 13.2 Å². The monoisotopic (exact) mass is 372 g/mol. The van der Waals surface area contributed by atoms with Crippen molar-refractivity contribution in [3.8, 4) is 5.88 Å². The molecule has 0 atom stereocenters. The summed E-state index contributed by atoms with van der Waals surface area (Å²) in [6.07, 6.45) is -4.51. The number of anilines is 1. The molecule has 1 aromatic heterocycles. The minimum Gasteiger partial charge on any atom is -0.481 e. The first-order valence-electron chi connectivity index (χ1n) is 8.42. The molecule has 0 bridgehead atoms. The van der Waals surface area contributed by atoms with Gasteiger partial charge < -0.3 is 9.64 Å². The van der Waals surface area contributed by atoms with Crippen molar-refractivity contribution in [2.24, 2.45) is 0 Å². The molecule has 1 heterocycles. The normalized spacial score (nSPS) is 11.3. The van der Waals surface area contributed by atoms with Crippen LogP contribution in [0.25, 0.3) is 0 Å². The minimum absolute atomic E-state index is 0.424. The molecular formula is C21H19F3N2O. The van der Waals surface area contributed by atoms with E-state index in [1.54, 1.807) is 0 Å². The number of benzene rings is 2. The smallest absolute Gasteiger partial charge is 0.421 e. The average Bonchev–Trinajstić information content (AvgIpc) is 2.68. The van der Waals surface area contributed by atoms with E-state index >= 15 is 0 Å². The second-order valence-electron chi connectivity index (χ2n) is 6.05. The van der Waals surface area contributed by atoms with Crippen molar-refractivity contribution in [3.63, 3.8) is 0 Å². The van der Waals surface area contributed by atoms with Crippen LogP contribution < -0.4 is 9.64 Å². The van der Waals surface area contributed by atoms with Gasteiger partial charge in [-0.25, -0.2) is 0 Å². The van der Waals surface area contributed by atoms with E-state index in [1.165, 1.54) is 13.2 Å². The van der Waals surface area contributed by atoms with Gasteiger partial charge in [-0.2, -0.15) is 18.2 Å². The van der Waals surface area contributed by atoms with E-state index < -0.39 is 17.6 Å². The van der Waals surface area contributed by atoms with Crippen molar-refractivity contribution in [1.82, 2.24) is 4.98 Å². The first kappa shape index (κ1) is 18.8. The van der Waals surface area contributed by atoms with Gasteiger partial charge in [0.2, 0.25) is 5.88 Å². The standard InChI is InChI=1S/C21H19F3N2O/c1-27-20-18(21(22,23)24)12-13-19(25-20)26(14-16-8-4-2-5-9-16)15-17-10-6-3-7-11-17/h2-13H,14-15H2,1H3. The number of pyridine rings is 1. The second kappa shape index (κ2) is 8.12. The largest absolute Gasteiger partial charge is 0.481 e. The fourth-order valence-electron chi connectivity index (χ4n) is 2.80. The lowest BCUT2D eigenvalue weighted by Gasteiger charge is -2.25. The van der Waals surface area contributed by atoms with Crippen LogP contribution >= 0.6 is 0 Å². The van der Waals surface area contributed by atoms with Crippen LogP contribution in [0.15, 0.2) is 72.8 Å². The molecule has 3 aromatic rings. The van der Waals surface area contributed by atoms with Gasteiger partial charge in [-0.3, -0.25) is 0 Å². The van der Waals surface area contributed by atoms with Crippen molar-refractivity contribution in [2.75, 3.05) is 12.0 Å². The Balaban J connectivity index is 1.96. The van der Waals surface area contributed by atoms with E-state index in [4.69, 9.17) is 4.74 Å². The number of ether oxygens (including phenoxy) is 1. The molecule has 0 aliphatic heterocycles. The predicted molar refractivity (Wildman–Crippen MR) is 98.6 cm³/mol. The van der Waals surface area contributed by atoms with E-state index in [0.29, 0.717) is 18.9 Å². The number of halogens is 3. The Bertz CT molecular complexity index is 826. The molecule has 0 saturated carbocycles. The number of aromatic nitrogens is 1. The van der Waals surface area contributed by atoms with Crippen molar-refractivity contribution < 1.29 is 17.9 Å². The zero-order chi connectivity index (χ0) is 19.3. The zero-order valence-electron chi connectivity index (χ0n) is 14.8. The molecule has 140 valence electrons. The highest BCUT2D eigenvalue weighted by atomic mass is 19.4. The van der Waals surface area contributed by atoms with Crippen molar-refractivity contribution in [2.45, 2.75) is 19.3 Å². The highest BCUT2D eigenvalue weighted by Crippen LogP contribution is 2.36. The maximum Gasteiger partial charge on any atom is 0.421 e. The van der Waals surface area contributed by atoms with Crippen LogP contribution in [0.4, 0.5) is 19.0 Å². The Morgan fingerprint density at radius 2 is 1.33 bits per heavy atom. The van der Waals surface area contributed by atoms with Crippen LogP contribution in [-0.2, 0) is 19.3 Å².